The van der Waals surface area contributed by atoms with Crippen molar-refractivity contribution in [1.29, 1.82) is 0 Å². The minimum atomic E-state index is -3.61. The van der Waals surface area contributed by atoms with E-state index in [1.807, 2.05) is 0 Å². The molecule has 0 saturated carbocycles. The SMILES string of the molecule is Cc1ccc(S(=O)(=O)N2CCCC(CN)C2)cc1C(N)=O. The van der Waals surface area contributed by atoms with Crippen molar-refractivity contribution in [3.05, 3.63) is 29.3 Å². The Bertz CT molecular complexity index is 643. The number of primary amides is 1. The van der Waals surface area contributed by atoms with Crippen molar-refractivity contribution in [3.63, 3.8) is 0 Å². The van der Waals surface area contributed by atoms with Crippen LogP contribution in [-0.2, 0) is 10.0 Å². The van der Waals surface area contributed by atoms with Gasteiger partial charge in [0.15, 0.2) is 0 Å². The lowest BCUT2D eigenvalue weighted by Crippen LogP contribution is -2.42. The molecular formula is C14H21N3O3S. The molecular weight excluding hydrogens is 290 g/mol. The first-order chi connectivity index (χ1) is 9.86. The minimum absolute atomic E-state index is 0.111. The molecule has 1 aliphatic rings. The molecule has 1 aromatic rings. The van der Waals surface area contributed by atoms with Gasteiger partial charge in [-0.25, -0.2) is 8.42 Å². The van der Waals surface area contributed by atoms with E-state index in [2.05, 4.69) is 0 Å². The number of carbonyl (C=O) groups excluding carboxylic acids is 1. The molecule has 1 amide bonds. The number of nitrogens with zero attached hydrogens (tertiary/aromatic N) is 1. The van der Waals surface area contributed by atoms with Crippen LogP contribution < -0.4 is 11.5 Å². The molecule has 0 radical (unpaired) electrons. The van der Waals surface area contributed by atoms with Crippen LogP contribution >= 0.6 is 0 Å². The lowest BCUT2D eigenvalue weighted by molar-refractivity contribution is 0.0999. The molecule has 21 heavy (non-hydrogen) atoms. The Labute approximate surface area is 125 Å². The van der Waals surface area contributed by atoms with E-state index in [1.54, 1.807) is 13.0 Å². The molecule has 1 unspecified atom stereocenters. The normalized spacial score (nSPS) is 20.4. The van der Waals surface area contributed by atoms with Crippen LogP contribution in [0.4, 0.5) is 0 Å². The summed E-state index contributed by atoms with van der Waals surface area (Å²) in [6.07, 6.45) is 1.75. The van der Waals surface area contributed by atoms with E-state index in [1.165, 1.54) is 16.4 Å². The summed E-state index contributed by atoms with van der Waals surface area (Å²) in [5, 5.41) is 0. The van der Waals surface area contributed by atoms with Gasteiger partial charge in [0.2, 0.25) is 15.9 Å². The third-order valence-electron chi connectivity index (χ3n) is 3.93. The van der Waals surface area contributed by atoms with Crippen LogP contribution in [0.2, 0.25) is 0 Å². The maximum absolute atomic E-state index is 12.7. The predicted octanol–water partition coefficient (Wildman–Crippen LogP) is 0.453. The van der Waals surface area contributed by atoms with Crippen LogP contribution in [0.25, 0.3) is 0 Å². The van der Waals surface area contributed by atoms with Gasteiger partial charge in [0.05, 0.1) is 4.90 Å². The quantitative estimate of drug-likeness (QED) is 0.842. The van der Waals surface area contributed by atoms with Crippen molar-refractivity contribution in [2.45, 2.75) is 24.7 Å². The summed E-state index contributed by atoms with van der Waals surface area (Å²) in [7, 11) is -3.61. The number of nitrogens with two attached hydrogens (primary N) is 2. The fourth-order valence-electron chi connectivity index (χ4n) is 2.61. The van der Waals surface area contributed by atoms with Crippen molar-refractivity contribution >= 4 is 15.9 Å². The number of carbonyl (C=O) groups is 1. The van der Waals surface area contributed by atoms with E-state index in [0.29, 0.717) is 25.2 Å². The highest BCUT2D eigenvalue weighted by Crippen LogP contribution is 2.24. The molecule has 1 fully saturated rings. The van der Waals surface area contributed by atoms with Crippen LogP contribution in [0.5, 0.6) is 0 Å². The minimum Gasteiger partial charge on any atom is -0.366 e. The van der Waals surface area contributed by atoms with Gasteiger partial charge in [-0.15, -0.1) is 0 Å². The van der Waals surface area contributed by atoms with E-state index < -0.39 is 15.9 Å². The first-order valence-corrected chi connectivity index (χ1v) is 8.41. The zero-order valence-corrected chi connectivity index (χ0v) is 12.9. The highest BCUT2D eigenvalue weighted by Gasteiger charge is 2.30. The molecule has 0 aromatic heterocycles. The second-order valence-electron chi connectivity index (χ2n) is 5.45. The summed E-state index contributed by atoms with van der Waals surface area (Å²) in [5.74, 6) is -0.433. The van der Waals surface area contributed by atoms with Crippen molar-refractivity contribution < 1.29 is 13.2 Å². The predicted molar refractivity (Wildman–Crippen MR) is 80.2 cm³/mol. The first-order valence-electron chi connectivity index (χ1n) is 6.97. The molecule has 1 heterocycles. The third-order valence-corrected chi connectivity index (χ3v) is 5.79. The Balaban J connectivity index is 2.35. The van der Waals surface area contributed by atoms with E-state index in [4.69, 9.17) is 11.5 Å². The summed E-state index contributed by atoms with van der Waals surface area (Å²) < 4.78 is 26.8. The molecule has 116 valence electrons. The van der Waals surface area contributed by atoms with Crippen molar-refractivity contribution in [2.75, 3.05) is 19.6 Å². The molecule has 1 aromatic carbocycles. The molecule has 0 spiro atoms. The Morgan fingerprint density at radius 1 is 1.43 bits per heavy atom. The second-order valence-corrected chi connectivity index (χ2v) is 7.39. The number of piperidine rings is 1. The van der Waals surface area contributed by atoms with Gasteiger partial charge in [0.1, 0.15) is 0 Å². The van der Waals surface area contributed by atoms with Crippen LogP contribution in [0, 0.1) is 12.8 Å². The number of rotatable bonds is 4. The van der Waals surface area contributed by atoms with Crippen molar-refractivity contribution in [2.24, 2.45) is 17.4 Å². The first kappa shape index (κ1) is 15.9. The zero-order chi connectivity index (χ0) is 15.6. The fraction of sp³-hybridized carbons (Fsp3) is 0.500. The van der Waals surface area contributed by atoms with Gasteiger partial charge < -0.3 is 11.5 Å². The van der Waals surface area contributed by atoms with Crippen LogP contribution in [0.3, 0.4) is 0 Å². The molecule has 0 bridgehead atoms. The lowest BCUT2D eigenvalue weighted by atomic mass is 10.0. The standard InChI is InChI=1S/C14H21N3O3S/c1-10-4-5-12(7-13(10)14(16)18)21(19,20)17-6-2-3-11(8-15)9-17/h4-5,7,11H,2-3,6,8-9,15H2,1H3,(H2,16,18). The van der Waals surface area contributed by atoms with Gasteiger partial charge in [0.25, 0.3) is 0 Å². The van der Waals surface area contributed by atoms with Crippen LogP contribution in [0.15, 0.2) is 23.1 Å². The van der Waals surface area contributed by atoms with E-state index in [0.717, 1.165) is 12.8 Å². The summed E-state index contributed by atoms with van der Waals surface area (Å²) in [5.41, 5.74) is 11.8. The topological polar surface area (TPSA) is 106 Å². The number of aryl methyl sites for hydroxylation is 1. The number of sulfonamides is 1. The van der Waals surface area contributed by atoms with Crippen LogP contribution in [-0.4, -0.2) is 38.3 Å². The van der Waals surface area contributed by atoms with Gasteiger partial charge in [-0.05, 0) is 49.9 Å². The molecule has 0 aliphatic carbocycles. The highest BCUT2D eigenvalue weighted by molar-refractivity contribution is 7.89. The molecule has 4 N–H and O–H groups in total. The maximum Gasteiger partial charge on any atom is 0.249 e. The summed E-state index contributed by atoms with van der Waals surface area (Å²) in [6, 6.07) is 4.49. The summed E-state index contributed by atoms with van der Waals surface area (Å²) in [6.45, 7) is 3.12. The van der Waals surface area contributed by atoms with Gasteiger partial charge in [0, 0.05) is 18.7 Å². The molecule has 1 atom stereocenters. The number of amides is 1. The Morgan fingerprint density at radius 2 is 2.14 bits per heavy atom. The number of benzene rings is 1. The Kier molecular flexibility index (Phi) is 4.65. The smallest absolute Gasteiger partial charge is 0.249 e. The van der Waals surface area contributed by atoms with Crippen molar-refractivity contribution in [3.8, 4) is 0 Å². The monoisotopic (exact) mass is 311 g/mol. The third kappa shape index (κ3) is 3.25. The average molecular weight is 311 g/mol. The molecule has 7 heteroatoms. The van der Waals surface area contributed by atoms with E-state index in [9.17, 15) is 13.2 Å². The zero-order valence-electron chi connectivity index (χ0n) is 12.1. The van der Waals surface area contributed by atoms with Crippen LogP contribution in [0.1, 0.15) is 28.8 Å². The molecule has 1 aliphatic heterocycles. The van der Waals surface area contributed by atoms with E-state index >= 15 is 0 Å². The molecule has 2 rings (SSSR count). The van der Waals surface area contributed by atoms with Gasteiger partial charge in [-0.2, -0.15) is 4.31 Å². The maximum atomic E-state index is 12.7. The molecule has 1 saturated heterocycles. The number of hydrogen-bond acceptors (Lipinski definition) is 4. The average Bonchev–Trinajstić information content (AvgIpc) is 2.47. The number of hydrogen-bond donors (Lipinski definition) is 2. The summed E-state index contributed by atoms with van der Waals surface area (Å²) >= 11 is 0. The Morgan fingerprint density at radius 3 is 2.76 bits per heavy atom. The fourth-order valence-corrected chi connectivity index (χ4v) is 4.20. The lowest BCUT2D eigenvalue weighted by Gasteiger charge is -2.31. The largest absolute Gasteiger partial charge is 0.366 e. The van der Waals surface area contributed by atoms with E-state index in [-0.39, 0.29) is 16.4 Å². The second kappa shape index (κ2) is 6.13. The summed E-state index contributed by atoms with van der Waals surface area (Å²) in [4.78, 5) is 11.5. The van der Waals surface area contributed by atoms with Gasteiger partial charge >= 0.3 is 0 Å². The van der Waals surface area contributed by atoms with Gasteiger partial charge in [-0.1, -0.05) is 6.07 Å². The van der Waals surface area contributed by atoms with Crippen molar-refractivity contribution in [1.82, 2.24) is 4.31 Å². The highest BCUT2D eigenvalue weighted by atomic mass is 32.2. The van der Waals surface area contributed by atoms with Gasteiger partial charge in [-0.3, -0.25) is 4.79 Å². The Hall–Kier alpha value is -1.44. The molecule has 6 nitrogen and oxygen atoms in total.